The van der Waals surface area contributed by atoms with Crippen molar-refractivity contribution in [1.29, 1.82) is 0 Å². The second kappa shape index (κ2) is 3.85. The van der Waals surface area contributed by atoms with Gasteiger partial charge in [-0.1, -0.05) is 11.8 Å². The van der Waals surface area contributed by atoms with Gasteiger partial charge < -0.3 is 0 Å². The zero-order valence-corrected chi connectivity index (χ0v) is 8.60. The summed E-state index contributed by atoms with van der Waals surface area (Å²) in [5.74, 6) is 0. The predicted octanol–water partition coefficient (Wildman–Crippen LogP) is 2.32. The third kappa shape index (κ3) is 1.87. The molecule has 0 aliphatic heterocycles. The molecule has 0 amide bonds. The molecule has 0 unspecified atom stereocenters. The van der Waals surface area contributed by atoms with Crippen LogP contribution in [0.25, 0.3) is 11.4 Å². The molecule has 0 aromatic carbocycles. The Bertz CT molecular complexity index is 385. The molecule has 3 nitrogen and oxygen atoms in total. The molecule has 0 N–H and O–H groups in total. The molecule has 0 aliphatic rings. The fraction of sp³-hybridized carbons (Fsp3) is 0.125. The van der Waals surface area contributed by atoms with Crippen LogP contribution in [0.1, 0.15) is 0 Å². The van der Waals surface area contributed by atoms with Crippen molar-refractivity contribution in [2.24, 2.45) is 0 Å². The predicted molar refractivity (Wildman–Crippen MR) is 54.9 cm³/mol. The number of aromatic nitrogens is 3. The van der Waals surface area contributed by atoms with Crippen LogP contribution in [0.2, 0.25) is 0 Å². The summed E-state index contributed by atoms with van der Waals surface area (Å²) in [6, 6.07) is 0. The lowest BCUT2D eigenvalue weighted by Crippen LogP contribution is -1.83. The van der Waals surface area contributed by atoms with Crippen molar-refractivity contribution < 1.29 is 0 Å². The molecule has 66 valence electrons. The maximum Gasteiger partial charge on any atom is 0.150 e. The maximum absolute atomic E-state index is 4.38. The molecular formula is C8H7N3S2. The van der Waals surface area contributed by atoms with E-state index in [0.29, 0.717) is 0 Å². The Morgan fingerprint density at radius 2 is 2.23 bits per heavy atom. The van der Waals surface area contributed by atoms with Gasteiger partial charge in [0, 0.05) is 17.8 Å². The third-order valence-electron chi connectivity index (χ3n) is 1.48. The molecular weight excluding hydrogens is 202 g/mol. The second-order valence-corrected chi connectivity index (χ2v) is 4.20. The van der Waals surface area contributed by atoms with E-state index in [4.69, 9.17) is 0 Å². The van der Waals surface area contributed by atoms with Gasteiger partial charge in [-0.25, -0.2) is 4.98 Å². The molecule has 0 saturated carbocycles. The van der Waals surface area contributed by atoms with Crippen LogP contribution in [0.5, 0.6) is 0 Å². The summed E-state index contributed by atoms with van der Waals surface area (Å²) in [6.07, 6.45) is 7.07. The fourth-order valence-corrected chi connectivity index (χ4v) is 2.16. The molecule has 2 rings (SSSR count). The van der Waals surface area contributed by atoms with E-state index in [1.165, 1.54) is 0 Å². The number of thioether (sulfide) groups is 1. The normalized spacial score (nSPS) is 10.2. The standard InChI is InChI=1S/C8H7N3S2/c1-12-8-11-7(5-13-8)6-4-9-2-3-10-6/h2-5H,1H3. The average Bonchev–Trinajstić information content (AvgIpc) is 2.67. The SMILES string of the molecule is CSc1nc(-c2cnccn2)cs1. The van der Waals surface area contributed by atoms with Gasteiger partial charge in [-0.15, -0.1) is 11.3 Å². The molecule has 2 aromatic rings. The molecule has 0 saturated heterocycles. The summed E-state index contributed by atoms with van der Waals surface area (Å²) in [5.41, 5.74) is 1.74. The molecule has 0 atom stereocenters. The quantitative estimate of drug-likeness (QED) is 0.711. The van der Waals surface area contributed by atoms with Crippen LogP contribution in [0, 0.1) is 0 Å². The van der Waals surface area contributed by atoms with Crippen molar-refractivity contribution in [3.63, 3.8) is 0 Å². The van der Waals surface area contributed by atoms with Crippen molar-refractivity contribution in [2.45, 2.75) is 4.34 Å². The van der Waals surface area contributed by atoms with Crippen LogP contribution in [-0.4, -0.2) is 21.2 Å². The largest absolute Gasteiger partial charge is 0.261 e. The van der Waals surface area contributed by atoms with Crippen LogP contribution < -0.4 is 0 Å². The van der Waals surface area contributed by atoms with Gasteiger partial charge >= 0.3 is 0 Å². The Hall–Kier alpha value is -0.940. The maximum atomic E-state index is 4.38. The van der Waals surface area contributed by atoms with Crippen LogP contribution in [0.15, 0.2) is 28.3 Å². The lowest BCUT2D eigenvalue weighted by atomic mass is 10.4. The lowest BCUT2D eigenvalue weighted by molar-refractivity contribution is 1.16. The zero-order chi connectivity index (χ0) is 9.10. The average molecular weight is 209 g/mol. The first kappa shape index (κ1) is 8.65. The molecule has 0 spiro atoms. The van der Waals surface area contributed by atoms with Crippen LogP contribution in [0.3, 0.4) is 0 Å². The number of nitrogens with zero attached hydrogens (tertiary/aromatic N) is 3. The molecule has 2 aromatic heterocycles. The van der Waals surface area contributed by atoms with Gasteiger partial charge in [0.2, 0.25) is 0 Å². The first-order chi connectivity index (χ1) is 6.40. The summed E-state index contributed by atoms with van der Waals surface area (Å²) in [7, 11) is 0. The van der Waals surface area contributed by atoms with Crippen molar-refractivity contribution >= 4 is 23.1 Å². The van der Waals surface area contributed by atoms with E-state index >= 15 is 0 Å². The van der Waals surface area contributed by atoms with Crippen molar-refractivity contribution in [3.8, 4) is 11.4 Å². The van der Waals surface area contributed by atoms with Crippen molar-refractivity contribution in [3.05, 3.63) is 24.0 Å². The molecule has 5 heteroatoms. The van der Waals surface area contributed by atoms with E-state index in [0.717, 1.165) is 15.7 Å². The van der Waals surface area contributed by atoms with Crippen LogP contribution in [-0.2, 0) is 0 Å². The summed E-state index contributed by atoms with van der Waals surface area (Å²) >= 11 is 3.27. The molecule has 0 radical (unpaired) electrons. The van der Waals surface area contributed by atoms with E-state index in [2.05, 4.69) is 15.0 Å². The van der Waals surface area contributed by atoms with Gasteiger partial charge in [0.25, 0.3) is 0 Å². The minimum atomic E-state index is 0.832. The highest BCUT2D eigenvalue weighted by molar-refractivity contribution is 8.00. The van der Waals surface area contributed by atoms with Gasteiger partial charge in [-0.3, -0.25) is 9.97 Å². The Morgan fingerprint density at radius 1 is 1.31 bits per heavy atom. The van der Waals surface area contributed by atoms with E-state index in [1.807, 2.05) is 11.6 Å². The number of rotatable bonds is 2. The van der Waals surface area contributed by atoms with Gasteiger partial charge in [0.05, 0.1) is 6.20 Å². The summed E-state index contributed by atoms with van der Waals surface area (Å²) in [6.45, 7) is 0. The number of thiazole rings is 1. The molecule has 2 heterocycles. The molecule has 0 bridgehead atoms. The Balaban J connectivity index is 2.36. The second-order valence-electron chi connectivity index (χ2n) is 2.29. The highest BCUT2D eigenvalue weighted by Gasteiger charge is 2.03. The topological polar surface area (TPSA) is 38.7 Å². The van der Waals surface area contributed by atoms with Gasteiger partial charge in [-0.2, -0.15) is 0 Å². The third-order valence-corrected chi connectivity index (χ3v) is 3.35. The minimum Gasteiger partial charge on any atom is -0.261 e. The number of hydrogen-bond donors (Lipinski definition) is 0. The summed E-state index contributed by atoms with van der Waals surface area (Å²) < 4.78 is 1.06. The lowest BCUT2D eigenvalue weighted by Gasteiger charge is -1.91. The molecule has 0 fully saturated rings. The highest BCUT2D eigenvalue weighted by atomic mass is 32.2. The van der Waals surface area contributed by atoms with E-state index in [9.17, 15) is 0 Å². The highest BCUT2D eigenvalue weighted by Crippen LogP contribution is 2.24. The zero-order valence-electron chi connectivity index (χ0n) is 6.97. The summed E-state index contributed by atoms with van der Waals surface area (Å²) in [5, 5.41) is 2.00. The molecule has 0 aliphatic carbocycles. The fourth-order valence-electron chi connectivity index (χ4n) is 0.900. The van der Waals surface area contributed by atoms with Crippen molar-refractivity contribution in [2.75, 3.05) is 6.26 Å². The Labute approximate surface area is 84.3 Å². The van der Waals surface area contributed by atoms with E-state index in [-0.39, 0.29) is 0 Å². The van der Waals surface area contributed by atoms with E-state index < -0.39 is 0 Å². The smallest absolute Gasteiger partial charge is 0.150 e. The Morgan fingerprint density at radius 3 is 2.85 bits per heavy atom. The number of hydrogen-bond acceptors (Lipinski definition) is 5. The van der Waals surface area contributed by atoms with Crippen molar-refractivity contribution in [1.82, 2.24) is 15.0 Å². The first-order valence-electron chi connectivity index (χ1n) is 3.66. The Kier molecular flexibility index (Phi) is 2.56. The molecule has 13 heavy (non-hydrogen) atoms. The van der Waals surface area contributed by atoms with Crippen LogP contribution >= 0.6 is 23.1 Å². The van der Waals surface area contributed by atoms with Gasteiger partial charge in [0.1, 0.15) is 15.7 Å². The van der Waals surface area contributed by atoms with Gasteiger partial charge in [-0.05, 0) is 6.26 Å². The first-order valence-corrected chi connectivity index (χ1v) is 5.76. The van der Waals surface area contributed by atoms with Crippen LogP contribution in [0.4, 0.5) is 0 Å². The van der Waals surface area contributed by atoms with Gasteiger partial charge in [0.15, 0.2) is 0 Å². The minimum absolute atomic E-state index is 0.832. The summed E-state index contributed by atoms with van der Waals surface area (Å²) in [4.78, 5) is 12.5. The monoisotopic (exact) mass is 209 g/mol. The van der Waals surface area contributed by atoms with E-state index in [1.54, 1.807) is 41.7 Å².